The fourth-order valence-electron chi connectivity index (χ4n) is 1.57. The molecule has 0 spiro atoms. The number of anilines is 1. The Labute approximate surface area is 116 Å². The van der Waals surface area contributed by atoms with Crippen molar-refractivity contribution in [2.75, 3.05) is 25.4 Å². The van der Waals surface area contributed by atoms with Crippen molar-refractivity contribution in [3.8, 4) is 0 Å². The third kappa shape index (κ3) is 6.56. The van der Waals surface area contributed by atoms with E-state index in [4.69, 9.17) is 10.3 Å². The highest BCUT2D eigenvalue weighted by atomic mass is 32.2. The predicted octanol–water partition coefficient (Wildman–Crippen LogP) is 2.17. The van der Waals surface area contributed by atoms with Crippen LogP contribution in [0.25, 0.3) is 0 Å². The lowest BCUT2D eigenvalue weighted by Crippen LogP contribution is -2.21. The van der Waals surface area contributed by atoms with Crippen LogP contribution in [0.15, 0.2) is 23.1 Å². The van der Waals surface area contributed by atoms with Crippen molar-refractivity contribution in [1.82, 2.24) is 4.90 Å². The Bertz CT molecular complexity index is 477. The highest BCUT2D eigenvalue weighted by Gasteiger charge is 2.12. The number of aryl methyl sites for hydroxylation is 1. The molecule has 0 saturated heterocycles. The van der Waals surface area contributed by atoms with E-state index in [1.165, 1.54) is 25.7 Å². The Morgan fingerprint density at radius 1 is 1.16 bits per heavy atom. The molecule has 110 valence electrons. The first-order valence-electron chi connectivity index (χ1n) is 6.32. The molecule has 0 aliphatic rings. The third-order valence-corrected chi connectivity index (χ3v) is 3.83. The van der Waals surface area contributed by atoms with Gasteiger partial charge in [-0.05, 0) is 44.3 Å². The molecule has 6 heteroatoms. The predicted molar refractivity (Wildman–Crippen MR) is 78.9 cm³/mol. The van der Waals surface area contributed by atoms with Crippen LogP contribution in [0.3, 0.4) is 0 Å². The zero-order valence-electron chi connectivity index (χ0n) is 12.0. The summed E-state index contributed by atoms with van der Waals surface area (Å²) in [6.45, 7) is 11.7. The van der Waals surface area contributed by atoms with E-state index >= 15 is 0 Å². The van der Waals surface area contributed by atoms with Crippen molar-refractivity contribution in [3.63, 3.8) is 0 Å². The summed E-state index contributed by atoms with van der Waals surface area (Å²) in [4.78, 5) is 2.24. The summed E-state index contributed by atoms with van der Waals surface area (Å²) >= 11 is 0. The van der Waals surface area contributed by atoms with Crippen molar-refractivity contribution < 1.29 is 13.0 Å². The van der Waals surface area contributed by atoms with Crippen LogP contribution in [0.5, 0.6) is 0 Å². The maximum Gasteiger partial charge on any atom is 0.294 e. The molecule has 0 aliphatic heterocycles. The molecule has 3 N–H and O–H groups in total. The van der Waals surface area contributed by atoms with Gasteiger partial charge in [0, 0.05) is 5.69 Å². The van der Waals surface area contributed by atoms with Crippen molar-refractivity contribution >= 4 is 15.8 Å². The second-order valence-electron chi connectivity index (χ2n) is 4.12. The van der Waals surface area contributed by atoms with Gasteiger partial charge < -0.3 is 10.6 Å². The molecule has 1 rings (SSSR count). The SMILES string of the molecule is CCN(CC)CC.Cc1ccc(N)cc1S(=O)(=O)O. The minimum absolute atomic E-state index is 0.137. The van der Waals surface area contributed by atoms with Crippen molar-refractivity contribution in [1.29, 1.82) is 0 Å². The van der Waals surface area contributed by atoms with Crippen LogP contribution in [0, 0.1) is 6.92 Å². The van der Waals surface area contributed by atoms with Crippen LogP contribution in [-0.2, 0) is 10.1 Å². The number of benzene rings is 1. The fourth-order valence-corrected chi connectivity index (χ4v) is 2.33. The number of nitrogen functional groups attached to an aromatic ring is 1. The number of hydrogen-bond donors (Lipinski definition) is 2. The van der Waals surface area contributed by atoms with Crippen LogP contribution in [-0.4, -0.2) is 37.5 Å². The van der Waals surface area contributed by atoms with Crippen LogP contribution in [0.1, 0.15) is 26.3 Å². The fraction of sp³-hybridized carbons (Fsp3) is 0.538. The van der Waals surface area contributed by atoms with Gasteiger partial charge in [-0.3, -0.25) is 4.55 Å². The lowest BCUT2D eigenvalue weighted by Gasteiger charge is -2.13. The maximum atomic E-state index is 10.7. The van der Waals surface area contributed by atoms with Gasteiger partial charge >= 0.3 is 0 Å². The van der Waals surface area contributed by atoms with Crippen LogP contribution < -0.4 is 5.73 Å². The molecule has 5 nitrogen and oxygen atoms in total. The standard InChI is InChI=1S/C7H9NO3S.C6H15N/c1-5-2-3-6(8)4-7(5)12(9,10)11;1-4-7(5-2)6-3/h2-4H,8H2,1H3,(H,9,10,11);4-6H2,1-3H3. The Hall–Kier alpha value is -1.11. The minimum atomic E-state index is -4.14. The van der Waals surface area contributed by atoms with E-state index in [9.17, 15) is 8.42 Å². The summed E-state index contributed by atoms with van der Waals surface area (Å²) < 4.78 is 30.1. The van der Waals surface area contributed by atoms with Crippen molar-refractivity contribution in [2.24, 2.45) is 0 Å². The molecule has 0 fully saturated rings. The Kier molecular flexibility index (Phi) is 7.66. The van der Waals surface area contributed by atoms with E-state index in [-0.39, 0.29) is 4.90 Å². The summed E-state index contributed by atoms with van der Waals surface area (Å²) in [6, 6.07) is 4.34. The van der Waals surface area contributed by atoms with Gasteiger partial charge in [-0.25, -0.2) is 0 Å². The molecular weight excluding hydrogens is 264 g/mol. The second-order valence-corrected chi connectivity index (χ2v) is 5.51. The van der Waals surface area contributed by atoms with E-state index < -0.39 is 10.1 Å². The lowest BCUT2D eigenvalue weighted by atomic mass is 10.2. The molecule has 0 heterocycles. The van der Waals surface area contributed by atoms with Crippen molar-refractivity contribution in [2.45, 2.75) is 32.6 Å². The molecule has 19 heavy (non-hydrogen) atoms. The molecule has 1 aromatic rings. The first-order chi connectivity index (χ1) is 8.76. The molecule has 0 unspecified atom stereocenters. The molecule has 0 atom stereocenters. The Morgan fingerprint density at radius 3 is 1.89 bits per heavy atom. The molecule has 0 amide bonds. The second kappa shape index (κ2) is 8.14. The highest BCUT2D eigenvalue weighted by molar-refractivity contribution is 7.85. The Balaban J connectivity index is 0.000000399. The first kappa shape index (κ1) is 17.9. The number of nitrogens with two attached hydrogens (primary N) is 1. The largest absolute Gasteiger partial charge is 0.399 e. The maximum absolute atomic E-state index is 10.7. The van der Waals surface area contributed by atoms with Crippen LogP contribution >= 0.6 is 0 Å². The van der Waals surface area contributed by atoms with Crippen molar-refractivity contribution in [3.05, 3.63) is 23.8 Å². The van der Waals surface area contributed by atoms with Gasteiger partial charge in [-0.15, -0.1) is 0 Å². The average Bonchev–Trinajstić information content (AvgIpc) is 2.34. The third-order valence-electron chi connectivity index (χ3n) is 2.83. The van der Waals surface area contributed by atoms with E-state index in [0.717, 1.165) is 0 Å². The molecule has 0 aromatic heterocycles. The summed E-state index contributed by atoms with van der Waals surface area (Å²) in [5.74, 6) is 0. The summed E-state index contributed by atoms with van der Waals surface area (Å²) in [5.41, 5.74) is 6.14. The Morgan fingerprint density at radius 2 is 1.63 bits per heavy atom. The lowest BCUT2D eigenvalue weighted by molar-refractivity contribution is 0.321. The minimum Gasteiger partial charge on any atom is -0.399 e. The molecule has 0 aliphatic carbocycles. The van der Waals surface area contributed by atoms with E-state index in [0.29, 0.717) is 11.3 Å². The first-order valence-corrected chi connectivity index (χ1v) is 7.76. The van der Waals surface area contributed by atoms with E-state index in [1.807, 2.05) is 0 Å². The molecule has 0 bridgehead atoms. The van der Waals surface area contributed by atoms with Gasteiger partial charge in [0.05, 0.1) is 4.90 Å². The topological polar surface area (TPSA) is 83.6 Å². The average molecular weight is 288 g/mol. The molecule has 1 aromatic carbocycles. The summed E-state index contributed by atoms with van der Waals surface area (Å²) in [6.07, 6.45) is 0. The van der Waals surface area contributed by atoms with E-state index in [1.54, 1.807) is 19.1 Å². The normalized spacial score (nSPS) is 11.1. The van der Waals surface area contributed by atoms with Crippen LogP contribution in [0.4, 0.5) is 5.69 Å². The van der Waals surface area contributed by atoms with Gasteiger partial charge in [-0.1, -0.05) is 26.8 Å². The van der Waals surface area contributed by atoms with Gasteiger partial charge in [0.15, 0.2) is 0 Å². The van der Waals surface area contributed by atoms with Gasteiger partial charge in [0.1, 0.15) is 0 Å². The van der Waals surface area contributed by atoms with Crippen LogP contribution in [0.2, 0.25) is 0 Å². The summed E-state index contributed by atoms with van der Waals surface area (Å²) in [5, 5.41) is 0. The number of nitrogens with zero attached hydrogens (tertiary/aromatic N) is 1. The molecular formula is C13H24N2O3S. The molecule has 0 saturated carbocycles. The number of rotatable bonds is 4. The number of hydrogen-bond acceptors (Lipinski definition) is 4. The van der Waals surface area contributed by atoms with Gasteiger partial charge in [0.25, 0.3) is 10.1 Å². The van der Waals surface area contributed by atoms with Gasteiger partial charge in [0.2, 0.25) is 0 Å². The highest BCUT2D eigenvalue weighted by Crippen LogP contribution is 2.17. The van der Waals surface area contributed by atoms with E-state index in [2.05, 4.69) is 25.7 Å². The monoisotopic (exact) mass is 288 g/mol. The molecule has 0 radical (unpaired) electrons. The zero-order chi connectivity index (χ0) is 15.1. The van der Waals surface area contributed by atoms with Gasteiger partial charge in [-0.2, -0.15) is 8.42 Å². The quantitative estimate of drug-likeness (QED) is 0.655. The zero-order valence-corrected chi connectivity index (χ0v) is 12.9. The smallest absolute Gasteiger partial charge is 0.294 e. The summed E-state index contributed by atoms with van der Waals surface area (Å²) in [7, 11) is -4.14.